The lowest BCUT2D eigenvalue weighted by Gasteiger charge is -2.19. The van der Waals surface area contributed by atoms with E-state index in [2.05, 4.69) is 141 Å². The molecule has 0 unspecified atom stereocenters. The van der Waals surface area contributed by atoms with E-state index in [0.717, 1.165) is 32.8 Å². The molecule has 0 fully saturated rings. The van der Waals surface area contributed by atoms with Crippen LogP contribution in [0.5, 0.6) is 0 Å². The summed E-state index contributed by atoms with van der Waals surface area (Å²) in [5.41, 5.74) is 8.70. The van der Waals surface area contributed by atoms with Crippen LogP contribution in [0.1, 0.15) is 52.7 Å². The number of hydrogen-bond acceptors (Lipinski definition) is 6. The highest BCUT2D eigenvalue weighted by atomic mass is 127. The molecule has 284 valence electrons. The number of pyridine rings is 2. The van der Waals surface area contributed by atoms with E-state index in [1.165, 1.54) is 70.8 Å². The summed E-state index contributed by atoms with van der Waals surface area (Å²) in [6.07, 6.45) is 3.77. The molecule has 0 saturated carbocycles. The van der Waals surface area contributed by atoms with Gasteiger partial charge in [0.2, 0.25) is 0 Å². The summed E-state index contributed by atoms with van der Waals surface area (Å²) >= 11 is 5.90. The van der Waals surface area contributed by atoms with Gasteiger partial charge in [0.1, 0.15) is 11.6 Å². The van der Waals surface area contributed by atoms with Crippen molar-refractivity contribution >= 4 is 78.0 Å². The number of aromatic nitrogens is 2. The number of benzene rings is 4. The van der Waals surface area contributed by atoms with Gasteiger partial charge in [-0.3, -0.25) is 9.97 Å². The Morgan fingerprint density at radius 1 is 0.536 bits per heavy atom. The van der Waals surface area contributed by atoms with Gasteiger partial charge in [0, 0.05) is 48.6 Å². The van der Waals surface area contributed by atoms with E-state index in [-0.39, 0.29) is 22.5 Å². The number of hydrogen-bond donors (Lipinski definition) is 2. The molecule has 0 amide bonds. The van der Waals surface area contributed by atoms with Crippen LogP contribution in [0.25, 0.3) is 53.1 Å². The Balaban J connectivity index is 0.000000156. The molecule has 4 aromatic carbocycles. The predicted octanol–water partition coefficient (Wildman–Crippen LogP) is 12.4. The largest absolute Gasteiger partial charge is 0.488 e. The molecule has 0 saturated heterocycles. The van der Waals surface area contributed by atoms with E-state index in [9.17, 15) is 8.78 Å². The Labute approximate surface area is 349 Å². The van der Waals surface area contributed by atoms with Gasteiger partial charge in [-0.15, -0.1) is 22.7 Å². The van der Waals surface area contributed by atoms with E-state index >= 15 is 0 Å². The summed E-state index contributed by atoms with van der Waals surface area (Å²) in [5, 5.41) is 19.5. The van der Waals surface area contributed by atoms with Crippen molar-refractivity contribution in [3.8, 4) is 33.0 Å². The van der Waals surface area contributed by atoms with Crippen LogP contribution in [0.3, 0.4) is 0 Å². The van der Waals surface area contributed by atoms with Gasteiger partial charge in [0.15, 0.2) is 0 Å². The molecule has 0 atom stereocenters. The van der Waals surface area contributed by atoms with Gasteiger partial charge in [0.25, 0.3) is 0 Å². The second-order valence-electron chi connectivity index (χ2n) is 15.4. The molecule has 4 nitrogen and oxygen atoms in total. The standard InChI is InChI=1S/C23H20FNS.C17H16INS.C6H6BFO2/c1-23(2,3)17-8-4-16(5-9-17)22-19-14-21(26-20(19)12-13-25-22)15-6-10-18(24)11-7-15;1-17(2,3)12-6-4-11(5-7-12)16-13-10-15(18)20-14(13)8-9-19-16;8-6-3-1-5(2-4-6)7(9)10/h4-14H,1-3H3;4-10H,1-3H3;1-4,9-10H. The molecule has 0 bridgehead atoms. The summed E-state index contributed by atoms with van der Waals surface area (Å²) in [5.74, 6) is -0.597. The zero-order valence-corrected chi connectivity index (χ0v) is 35.8. The first-order valence-electron chi connectivity index (χ1n) is 18.1. The van der Waals surface area contributed by atoms with E-state index in [0.29, 0.717) is 5.46 Å². The van der Waals surface area contributed by atoms with Crippen molar-refractivity contribution < 1.29 is 18.8 Å². The zero-order chi connectivity index (χ0) is 40.2. The van der Waals surface area contributed by atoms with Crippen molar-refractivity contribution in [3.05, 3.63) is 159 Å². The molecule has 0 radical (unpaired) electrons. The monoisotopic (exact) mass is 894 g/mol. The lowest BCUT2D eigenvalue weighted by atomic mass is 9.80. The number of rotatable bonds is 4. The van der Waals surface area contributed by atoms with Crippen molar-refractivity contribution in [2.24, 2.45) is 0 Å². The minimum atomic E-state index is -1.51. The van der Waals surface area contributed by atoms with E-state index in [1.807, 2.05) is 41.9 Å². The normalized spacial score (nSPS) is 11.5. The van der Waals surface area contributed by atoms with Gasteiger partial charge < -0.3 is 10.0 Å². The number of halogens is 3. The third-order valence-electron chi connectivity index (χ3n) is 9.21. The Morgan fingerprint density at radius 3 is 1.39 bits per heavy atom. The molecule has 0 aliphatic heterocycles. The number of nitrogens with zero attached hydrogens (tertiary/aromatic N) is 2. The van der Waals surface area contributed by atoms with Crippen molar-refractivity contribution in [2.75, 3.05) is 0 Å². The highest BCUT2D eigenvalue weighted by molar-refractivity contribution is 14.1. The Bertz CT molecular complexity index is 2540. The summed E-state index contributed by atoms with van der Waals surface area (Å²) in [4.78, 5) is 10.3. The highest BCUT2D eigenvalue weighted by Crippen LogP contribution is 2.38. The maximum atomic E-state index is 13.2. The van der Waals surface area contributed by atoms with Crippen LogP contribution in [0.4, 0.5) is 8.78 Å². The fraction of sp³-hybridized carbons (Fsp3) is 0.174. The summed E-state index contributed by atoms with van der Waals surface area (Å²) in [6.45, 7) is 13.4. The van der Waals surface area contributed by atoms with Gasteiger partial charge in [-0.1, -0.05) is 114 Å². The second kappa shape index (κ2) is 17.4. The molecule has 4 aromatic heterocycles. The SMILES string of the molecule is CC(C)(C)c1ccc(-c2nccc3sc(-c4ccc(F)cc4)cc23)cc1.CC(C)(C)c1ccc(-c2nccc3sc(I)cc23)cc1.OB(O)c1ccc(F)cc1. The average molecular weight is 895 g/mol. The van der Waals surface area contributed by atoms with Crippen LogP contribution in [0.15, 0.2) is 134 Å². The first-order chi connectivity index (χ1) is 26.6. The maximum Gasteiger partial charge on any atom is 0.488 e. The maximum absolute atomic E-state index is 13.2. The third kappa shape index (κ3) is 10.2. The quantitative estimate of drug-likeness (QED) is 0.136. The van der Waals surface area contributed by atoms with Gasteiger partial charge in [-0.25, -0.2) is 8.78 Å². The number of thiophene rings is 2. The van der Waals surface area contributed by atoms with Gasteiger partial charge >= 0.3 is 7.12 Å². The average Bonchev–Trinajstić information content (AvgIpc) is 3.78. The molecular weight excluding hydrogens is 852 g/mol. The van der Waals surface area contributed by atoms with Crippen molar-refractivity contribution in [3.63, 3.8) is 0 Å². The van der Waals surface area contributed by atoms with Crippen molar-refractivity contribution in [1.29, 1.82) is 0 Å². The molecular formula is C46H42BF2IN2O2S2. The summed E-state index contributed by atoms with van der Waals surface area (Å²) in [6, 6.07) is 37.6. The first-order valence-corrected chi connectivity index (χ1v) is 20.8. The third-order valence-corrected chi connectivity index (χ3v) is 12.2. The molecule has 56 heavy (non-hydrogen) atoms. The van der Waals surface area contributed by atoms with Crippen LogP contribution < -0.4 is 5.46 Å². The molecule has 0 aliphatic carbocycles. The first kappa shape index (κ1) is 41.3. The van der Waals surface area contributed by atoms with Crippen LogP contribution in [0, 0.1) is 14.5 Å². The predicted molar refractivity (Wildman–Crippen MR) is 242 cm³/mol. The van der Waals surface area contributed by atoms with Gasteiger partial charge in [-0.05, 0) is 104 Å². The van der Waals surface area contributed by atoms with Crippen molar-refractivity contribution in [2.45, 2.75) is 52.4 Å². The second-order valence-corrected chi connectivity index (χ2v) is 19.5. The molecule has 8 aromatic rings. The lowest BCUT2D eigenvalue weighted by Crippen LogP contribution is -2.29. The highest BCUT2D eigenvalue weighted by Gasteiger charge is 2.16. The zero-order valence-electron chi connectivity index (χ0n) is 32.0. The molecule has 2 N–H and O–H groups in total. The minimum Gasteiger partial charge on any atom is -0.423 e. The Kier molecular flexibility index (Phi) is 12.9. The minimum absolute atomic E-state index is 0.135. The fourth-order valence-electron chi connectivity index (χ4n) is 6.00. The van der Waals surface area contributed by atoms with Crippen molar-refractivity contribution in [1.82, 2.24) is 9.97 Å². The Morgan fingerprint density at radius 2 is 0.946 bits per heavy atom. The lowest BCUT2D eigenvalue weighted by molar-refractivity contribution is 0.425. The van der Waals surface area contributed by atoms with E-state index in [4.69, 9.17) is 10.0 Å². The fourth-order valence-corrected chi connectivity index (χ4v) is 8.87. The van der Waals surface area contributed by atoms with Crippen LogP contribution in [-0.4, -0.2) is 27.1 Å². The molecule has 8 rings (SSSR count). The van der Waals surface area contributed by atoms with Crippen LogP contribution in [0.2, 0.25) is 0 Å². The van der Waals surface area contributed by atoms with E-state index in [1.54, 1.807) is 11.3 Å². The van der Waals surface area contributed by atoms with Gasteiger partial charge in [0.05, 0.1) is 14.3 Å². The molecule has 0 spiro atoms. The number of fused-ring (bicyclic) bond motifs is 2. The molecule has 10 heteroatoms. The smallest absolute Gasteiger partial charge is 0.423 e. The summed E-state index contributed by atoms with van der Waals surface area (Å²) < 4.78 is 29.2. The summed E-state index contributed by atoms with van der Waals surface area (Å²) in [7, 11) is -1.51. The topological polar surface area (TPSA) is 66.2 Å². The molecule has 0 aliphatic rings. The van der Waals surface area contributed by atoms with Gasteiger partial charge in [-0.2, -0.15) is 0 Å². The molecule has 4 heterocycles. The van der Waals surface area contributed by atoms with Crippen LogP contribution >= 0.6 is 45.3 Å². The Hall–Kier alpha value is -4.33. The van der Waals surface area contributed by atoms with Crippen LogP contribution in [-0.2, 0) is 10.8 Å². The van der Waals surface area contributed by atoms with E-state index < -0.39 is 7.12 Å².